The summed E-state index contributed by atoms with van der Waals surface area (Å²) in [6.45, 7) is 0.180. The maximum absolute atomic E-state index is 10.6. The molecule has 2 rings (SSSR count). The number of nitrogens with two attached hydrogens (primary N) is 1. The lowest BCUT2D eigenvalue weighted by molar-refractivity contribution is 0.143. The number of aromatic amines is 1. The number of benzene rings is 1. The molecule has 0 bridgehead atoms. The van der Waals surface area contributed by atoms with E-state index in [-0.39, 0.29) is 6.54 Å². The maximum Gasteiger partial charge on any atom is 0.421 e. The molecule has 2 aromatic rings. The minimum Gasteiger partial charge on any atom is -0.464 e. The molecule has 78 valence electrons. The molecule has 0 aliphatic carbocycles. The molecule has 15 heavy (non-hydrogen) atoms. The average Bonchev–Trinajstić information content (AvgIpc) is 2.62. The fourth-order valence-electron chi connectivity index (χ4n) is 1.51. The molecule has 5 heteroatoms. The second-order valence-electron chi connectivity index (χ2n) is 3.27. The molecule has 4 N–H and O–H groups in total. The van der Waals surface area contributed by atoms with Crippen LogP contribution in [0.25, 0.3) is 10.9 Å². The van der Waals surface area contributed by atoms with Crippen LogP contribution in [0.15, 0.2) is 30.5 Å². The van der Waals surface area contributed by atoms with Gasteiger partial charge in [-0.15, -0.1) is 0 Å². The first-order valence-corrected chi connectivity index (χ1v) is 4.48. The minimum absolute atomic E-state index is 0.180. The molecule has 0 saturated heterocycles. The van der Waals surface area contributed by atoms with Crippen LogP contribution in [-0.4, -0.2) is 21.2 Å². The number of aromatic nitrogens is 1. The van der Waals surface area contributed by atoms with Crippen molar-refractivity contribution < 1.29 is 9.90 Å². The number of amides is 1. The molecule has 1 aromatic carbocycles. The summed E-state index contributed by atoms with van der Waals surface area (Å²) in [6, 6.07) is 7.68. The van der Waals surface area contributed by atoms with Crippen molar-refractivity contribution in [3.63, 3.8) is 0 Å². The highest BCUT2D eigenvalue weighted by atomic mass is 16.4. The van der Waals surface area contributed by atoms with Gasteiger partial charge in [-0.1, -0.05) is 18.2 Å². The molecule has 0 aliphatic rings. The number of hydrazine groups is 1. The molecular formula is C10H11N3O2. The van der Waals surface area contributed by atoms with E-state index in [1.807, 2.05) is 24.3 Å². The van der Waals surface area contributed by atoms with Crippen LogP contribution in [-0.2, 0) is 6.54 Å². The first-order chi connectivity index (χ1) is 7.18. The number of carboxylic acid groups (broad SMARTS) is 1. The van der Waals surface area contributed by atoms with Gasteiger partial charge >= 0.3 is 6.09 Å². The van der Waals surface area contributed by atoms with Crippen LogP contribution in [0.1, 0.15) is 5.56 Å². The molecule has 0 radical (unpaired) electrons. The fraction of sp³-hybridized carbons (Fsp3) is 0.100. The third-order valence-corrected chi connectivity index (χ3v) is 2.26. The number of H-pyrrole nitrogens is 1. The summed E-state index contributed by atoms with van der Waals surface area (Å²) in [4.78, 5) is 13.6. The van der Waals surface area contributed by atoms with Gasteiger partial charge in [0.15, 0.2) is 0 Å². The summed E-state index contributed by atoms with van der Waals surface area (Å²) in [5.41, 5.74) is 1.85. The number of hydrogen-bond donors (Lipinski definition) is 3. The van der Waals surface area contributed by atoms with Crippen molar-refractivity contribution >= 4 is 17.0 Å². The van der Waals surface area contributed by atoms with Gasteiger partial charge in [0.2, 0.25) is 0 Å². The number of para-hydroxylation sites is 1. The third kappa shape index (κ3) is 1.77. The van der Waals surface area contributed by atoms with Crippen LogP contribution in [0.4, 0.5) is 4.79 Å². The SMILES string of the molecule is NN(Cc1c[nH]c2ccccc12)C(=O)O. The predicted molar refractivity (Wildman–Crippen MR) is 56.1 cm³/mol. The van der Waals surface area contributed by atoms with Crippen LogP contribution < -0.4 is 5.84 Å². The summed E-state index contributed by atoms with van der Waals surface area (Å²) in [7, 11) is 0. The van der Waals surface area contributed by atoms with E-state index in [9.17, 15) is 4.79 Å². The lowest BCUT2D eigenvalue weighted by Crippen LogP contribution is -2.35. The van der Waals surface area contributed by atoms with E-state index in [1.165, 1.54) is 0 Å². The van der Waals surface area contributed by atoms with Crippen molar-refractivity contribution in [2.24, 2.45) is 5.84 Å². The number of fused-ring (bicyclic) bond motifs is 1. The summed E-state index contributed by atoms with van der Waals surface area (Å²) >= 11 is 0. The van der Waals surface area contributed by atoms with E-state index in [0.717, 1.165) is 21.5 Å². The lowest BCUT2D eigenvalue weighted by Gasteiger charge is -2.10. The second-order valence-corrected chi connectivity index (χ2v) is 3.27. The molecule has 5 nitrogen and oxygen atoms in total. The Morgan fingerprint density at radius 2 is 2.20 bits per heavy atom. The topological polar surface area (TPSA) is 82.3 Å². The smallest absolute Gasteiger partial charge is 0.421 e. The van der Waals surface area contributed by atoms with Gasteiger partial charge in [-0.3, -0.25) is 0 Å². The van der Waals surface area contributed by atoms with Gasteiger partial charge in [-0.05, 0) is 11.6 Å². The highest BCUT2D eigenvalue weighted by Crippen LogP contribution is 2.18. The van der Waals surface area contributed by atoms with Gasteiger partial charge < -0.3 is 10.1 Å². The molecule has 0 aliphatic heterocycles. The first kappa shape index (κ1) is 9.54. The quantitative estimate of drug-likeness (QED) is 0.395. The van der Waals surface area contributed by atoms with Crippen molar-refractivity contribution in [2.45, 2.75) is 6.54 Å². The van der Waals surface area contributed by atoms with Crippen LogP contribution in [0.3, 0.4) is 0 Å². The van der Waals surface area contributed by atoms with E-state index in [2.05, 4.69) is 4.98 Å². The van der Waals surface area contributed by atoms with Crippen LogP contribution in [0.5, 0.6) is 0 Å². The molecule has 0 fully saturated rings. The molecule has 1 heterocycles. The maximum atomic E-state index is 10.6. The number of nitrogens with one attached hydrogen (secondary N) is 1. The average molecular weight is 205 g/mol. The highest BCUT2D eigenvalue weighted by Gasteiger charge is 2.10. The third-order valence-electron chi connectivity index (χ3n) is 2.26. The first-order valence-electron chi connectivity index (χ1n) is 4.48. The van der Waals surface area contributed by atoms with E-state index < -0.39 is 6.09 Å². The Kier molecular flexibility index (Phi) is 2.31. The summed E-state index contributed by atoms with van der Waals surface area (Å²) in [5.74, 6) is 5.32. The fourth-order valence-corrected chi connectivity index (χ4v) is 1.51. The zero-order valence-electron chi connectivity index (χ0n) is 7.97. The number of carbonyl (C=O) groups is 1. The van der Waals surface area contributed by atoms with Gasteiger partial charge in [-0.2, -0.15) is 0 Å². The van der Waals surface area contributed by atoms with E-state index in [1.54, 1.807) is 6.20 Å². The predicted octanol–water partition coefficient (Wildman–Crippen LogP) is 1.52. The molecule has 1 amide bonds. The van der Waals surface area contributed by atoms with Crippen molar-refractivity contribution in [1.29, 1.82) is 0 Å². The standard InChI is InChI=1S/C10H11N3O2/c11-13(10(14)15)6-7-5-12-9-4-2-1-3-8(7)9/h1-5,12H,6,11H2,(H,14,15). The van der Waals surface area contributed by atoms with Gasteiger partial charge in [0.25, 0.3) is 0 Å². The van der Waals surface area contributed by atoms with Crippen molar-refractivity contribution in [3.05, 3.63) is 36.0 Å². The van der Waals surface area contributed by atoms with Crippen LogP contribution >= 0.6 is 0 Å². The monoisotopic (exact) mass is 205 g/mol. The largest absolute Gasteiger partial charge is 0.464 e. The number of rotatable bonds is 2. The Morgan fingerprint density at radius 1 is 1.47 bits per heavy atom. The lowest BCUT2D eigenvalue weighted by atomic mass is 10.2. The zero-order valence-corrected chi connectivity index (χ0v) is 7.97. The molecular weight excluding hydrogens is 194 g/mol. The molecule has 0 saturated carbocycles. The summed E-state index contributed by atoms with van der Waals surface area (Å²) in [5, 5.41) is 10.4. The van der Waals surface area contributed by atoms with Gasteiger partial charge in [-0.25, -0.2) is 15.6 Å². The molecule has 0 spiro atoms. The Labute approximate surface area is 86.1 Å². The number of nitrogens with zero attached hydrogens (tertiary/aromatic N) is 1. The van der Waals surface area contributed by atoms with Gasteiger partial charge in [0, 0.05) is 17.1 Å². The molecule has 0 unspecified atom stereocenters. The Balaban J connectivity index is 2.32. The van der Waals surface area contributed by atoms with E-state index in [4.69, 9.17) is 10.9 Å². The zero-order chi connectivity index (χ0) is 10.8. The summed E-state index contributed by atoms with van der Waals surface area (Å²) < 4.78 is 0. The molecule has 1 aromatic heterocycles. The Morgan fingerprint density at radius 3 is 2.93 bits per heavy atom. The Hall–Kier alpha value is -2.01. The Bertz CT molecular complexity index is 492. The molecule has 0 atom stereocenters. The van der Waals surface area contributed by atoms with Crippen LogP contribution in [0, 0.1) is 0 Å². The minimum atomic E-state index is -1.14. The normalized spacial score (nSPS) is 10.5. The van der Waals surface area contributed by atoms with Gasteiger partial charge in [0.05, 0.1) is 6.54 Å². The second kappa shape index (κ2) is 3.62. The van der Waals surface area contributed by atoms with Gasteiger partial charge in [0.1, 0.15) is 0 Å². The van der Waals surface area contributed by atoms with Crippen molar-refractivity contribution in [2.75, 3.05) is 0 Å². The number of hydrogen-bond acceptors (Lipinski definition) is 2. The van der Waals surface area contributed by atoms with Crippen molar-refractivity contribution in [1.82, 2.24) is 9.99 Å². The van der Waals surface area contributed by atoms with E-state index >= 15 is 0 Å². The summed E-state index contributed by atoms with van der Waals surface area (Å²) in [6.07, 6.45) is 0.633. The van der Waals surface area contributed by atoms with E-state index in [0.29, 0.717) is 0 Å². The highest BCUT2D eigenvalue weighted by molar-refractivity contribution is 5.83. The van der Waals surface area contributed by atoms with Crippen molar-refractivity contribution in [3.8, 4) is 0 Å². The van der Waals surface area contributed by atoms with Crippen LogP contribution in [0.2, 0.25) is 0 Å².